The van der Waals surface area contributed by atoms with Crippen molar-refractivity contribution >= 4 is 0 Å². The highest BCUT2D eigenvalue weighted by Crippen LogP contribution is 2.29. The van der Waals surface area contributed by atoms with E-state index in [0.29, 0.717) is 0 Å². The van der Waals surface area contributed by atoms with Crippen LogP contribution in [0.15, 0.2) is 42.5 Å². The molecule has 0 unspecified atom stereocenters. The van der Waals surface area contributed by atoms with E-state index >= 15 is 0 Å². The van der Waals surface area contributed by atoms with E-state index in [4.69, 9.17) is 4.74 Å². The van der Waals surface area contributed by atoms with Crippen molar-refractivity contribution in [2.75, 3.05) is 0 Å². The molecule has 0 heterocycles. The smallest absolute Gasteiger partial charge is 0.218 e. The zero-order valence-electron chi connectivity index (χ0n) is 8.11. The zero-order chi connectivity index (χ0) is 11.5. The van der Waals surface area contributed by atoms with Crippen LogP contribution in [-0.2, 0) is 5.11 Å². The molecule has 4 heteroatoms. The predicted octanol–water partition coefficient (Wildman–Crippen LogP) is 3.90. The number of benzene rings is 2. The van der Waals surface area contributed by atoms with E-state index in [1.807, 2.05) is 0 Å². The summed E-state index contributed by atoms with van der Waals surface area (Å²) in [5.74, 6) is -2.00. The number of hydrogen-bond acceptors (Lipinski definition) is 1. The van der Waals surface area contributed by atoms with Crippen LogP contribution in [0.3, 0.4) is 0 Å². The Bertz CT molecular complexity index is 495. The number of rotatable bonds is 2. The van der Waals surface area contributed by atoms with E-state index in [9.17, 15) is 13.9 Å². The maximum atomic E-state index is 13.3. The lowest BCUT2D eigenvalue weighted by Crippen LogP contribution is -1.88. The molecule has 16 heavy (non-hydrogen) atoms. The average molecular weight is 221 g/mol. The second kappa shape index (κ2) is 4.18. The molecule has 0 fully saturated rings. The highest BCUT2D eigenvalue weighted by molar-refractivity contribution is 5.37. The fraction of sp³-hybridized carbons (Fsp3) is 0. The Morgan fingerprint density at radius 1 is 0.938 bits per heavy atom. The minimum Gasteiger partial charge on any atom is -0.454 e. The van der Waals surface area contributed by atoms with Gasteiger partial charge in [0.1, 0.15) is 11.6 Å². The lowest BCUT2D eigenvalue weighted by molar-refractivity contribution is 0.320. The van der Waals surface area contributed by atoms with E-state index in [0.717, 1.165) is 6.07 Å². The van der Waals surface area contributed by atoms with Crippen molar-refractivity contribution in [3.63, 3.8) is 0 Å². The van der Waals surface area contributed by atoms with Crippen LogP contribution in [0.25, 0.3) is 0 Å². The first kappa shape index (κ1) is 10.4. The summed E-state index contributed by atoms with van der Waals surface area (Å²) in [6.45, 7) is 0. The Hall–Kier alpha value is -2.10. The minimum atomic E-state index is -0.952. The molecule has 0 bridgehead atoms. The first-order chi connectivity index (χ1) is 7.66. The van der Waals surface area contributed by atoms with E-state index in [2.05, 4.69) is 0 Å². The van der Waals surface area contributed by atoms with Gasteiger partial charge in [0, 0.05) is 0 Å². The number of ether oxygens (including phenoxy) is 1. The van der Waals surface area contributed by atoms with Gasteiger partial charge in [0.05, 0.1) is 0 Å². The molecule has 2 aromatic carbocycles. The molecule has 0 atom stereocenters. The first-order valence-corrected chi connectivity index (χ1v) is 4.56. The monoisotopic (exact) mass is 221 g/mol. The molecule has 0 aliphatic rings. The van der Waals surface area contributed by atoms with Crippen LogP contribution < -0.4 is 4.74 Å². The maximum Gasteiger partial charge on any atom is 0.218 e. The molecule has 0 aliphatic heterocycles. The average Bonchev–Trinajstić information content (AvgIpc) is 2.28. The molecular formula is C12H7F2O2. The van der Waals surface area contributed by atoms with Gasteiger partial charge in [-0.1, -0.05) is 6.07 Å². The Morgan fingerprint density at radius 3 is 2.31 bits per heavy atom. The van der Waals surface area contributed by atoms with E-state index in [-0.39, 0.29) is 11.5 Å². The van der Waals surface area contributed by atoms with Crippen LogP contribution in [0.5, 0.6) is 17.2 Å². The van der Waals surface area contributed by atoms with E-state index in [1.54, 1.807) is 0 Å². The third kappa shape index (κ3) is 2.11. The molecule has 0 aliphatic carbocycles. The van der Waals surface area contributed by atoms with E-state index in [1.165, 1.54) is 36.4 Å². The lowest BCUT2D eigenvalue weighted by Gasteiger charge is -2.06. The Kier molecular flexibility index (Phi) is 2.72. The van der Waals surface area contributed by atoms with Crippen LogP contribution in [0, 0.1) is 11.6 Å². The fourth-order valence-corrected chi connectivity index (χ4v) is 1.20. The molecule has 0 saturated carbocycles. The van der Waals surface area contributed by atoms with Crippen LogP contribution in [0.2, 0.25) is 0 Å². The van der Waals surface area contributed by atoms with Gasteiger partial charge in [-0.05, 0) is 36.4 Å². The molecule has 0 amide bonds. The van der Waals surface area contributed by atoms with E-state index < -0.39 is 17.4 Å². The molecule has 0 saturated heterocycles. The molecule has 0 spiro atoms. The highest BCUT2D eigenvalue weighted by Gasteiger charge is 2.10. The second-order valence-corrected chi connectivity index (χ2v) is 3.12. The Morgan fingerprint density at radius 2 is 1.62 bits per heavy atom. The Balaban J connectivity index is 2.27. The fourth-order valence-electron chi connectivity index (χ4n) is 1.20. The third-order valence-electron chi connectivity index (χ3n) is 1.97. The largest absolute Gasteiger partial charge is 0.454 e. The standard InChI is InChI=1S/C12H7F2O2/c13-8-4-6-9(7-5-8)16-11-3-1-2-10(15)12(11)14/h1-7H. The summed E-state index contributed by atoms with van der Waals surface area (Å²) in [5.41, 5.74) is 0. The highest BCUT2D eigenvalue weighted by atomic mass is 19.1. The lowest BCUT2D eigenvalue weighted by atomic mass is 10.3. The van der Waals surface area contributed by atoms with Crippen molar-refractivity contribution in [3.05, 3.63) is 54.1 Å². The predicted molar refractivity (Wildman–Crippen MR) is 53.0 cm³/mol. The van der Waals surface area contributed by atoms with Crippen LogP contribution in [0.1, 0.15) is 0 Å². The number of hydrogen-bond donors (Lipinski definition) is 0. The van der Waals surface area contributed by atoms with Crippen LogP contribution >= 0.6 is 0 Å². The molecular weight excluding hydrogens is 214 g/mol. The summed E-state index contributed by atoms with van der Waals surface area (Å²) < 4.78 is 30.9. The van der Waals surface area contributed by atoms with Gasteiger partial charge < -0.3 is 4.74 Å². The quantitative estimate of drug-likeness (QED) is 0.756. The normalized spacial score (nSPS) is 10.1. The van der Waals surface area contributed by atoms with Crippen LogP contribution in [-0.4, -0.2) is 0 Å². The Labute approximate surface area is 90.7 Å². The molecule has 2 aromatic rings. The molecule has 2 rings (SSSR count). The van der Waals surface area contributed by atoms with Crippen molar-refractivity contribution in [2.45, 2.75) is 0 Å². The zero-order valence-corrected chi connectivity index (χ0v) is 8.11. The summed E-state index contributed by atoms with van der Waals surface area (Å²) in [6.07, 6.45) is 0. The summed E-state index contributed by atoms with van der Waals surface area (Å²) in [5, 5.41) is 11.0. The summed E-state index contributed by atoms with van der Waals surface area (Å²) in [4.78, 5) is 0. The van der Waals surface area contributed by atoms with Gasteiger partial charge in [0.25, 0.3) is 0 Å². The maximum absolute atomic E-state index is 13.3. The van der Waals surface area contributed by atoms with Crippen molar-refractivity contribution in [3.8, 4) is 17.2 Å². The first-order valence-electron chi connectivity index (χ1n) is 4.56. The molecule has 81 valence electrons. The topological polar surface area (TPSA) is 29.1 Å². The van der Waals surface area contributed by atoms with Crippen LogP contribution in [0.4, 0.5) is 8.78 Å². The van der Waals surface area contributed by atoms with Crippen molar-refractivity contribution in [1.29, 1.82) is 0 Å². The van der Waals surface area contributed by atoms with Crippen molar-refractivity contribution < 1.29 is 18.6 Å². The summed E-state index contributed by atoms with van der Waals surface area (Å²) in [6, 6.07) is 8.91. The molecule has 0 aromatic heterocycles. The van der Waals surface area contributed by atoms with Gasteiger partial charge in [0.2, 0.25) is 11.6 Å². The molecule has 0 N–H and O–H groups in total. The summed E-state index contributed by atoms with van der Waals surface area (Å²) >= 11 is 0. The van der Waals surface area contributed by atoms with Gasteiger partial charge in [-0.2, -0.15) is 4.39 Å². The minimum absolute atomic E-state index is 0.167. The number of halogens is 2. The molecule has 2 nitrogen and oxygen atoms in total. The third-order valence-corrected chi connectivity index (χ3v) is 1.97. The van der Waals surface area contributed by atoms with Gasteiger partial charge in [-0.15, -0.1) is 0 Å². The van der Waals surface area contributed by atoms with Gasteiger partial charge in [-0.3, -0.25) is 5.11 Å². The SMILES string of the molecule is [O]c1cccc(Oc2ccc(F)cc2)c1F. The second-order valence-electron chi connectivity index (χ2n) is 3.12. The summed E-state index contributed by atoms with van der Waals surface area (Å²) in [7, 11) is 0. The molecule has 1 radical (unpaired) electrons. The van der Waals surface area contributed by atoms with Crippen molar-refractivity contribution in [2.24, 2.45) is 0 Å². The van der Waals surface area contributed by atoms with Gasteiger partial charge >= 0.3 is 0 Å². The van der Waals surface area contributed by atoms with Crippen molar-refractivity contribution in [1.82, 2.24) is 0 Å². The van der Waals surface area contributed by atoms with Gasteiger partial charge in [-0.25, -0.2) is 4.39 Å². The van der Waals surface area contributed by atoms with Gasteiger partial charge in [0.15, 0.2) is 5.75 Å².